The first-order valence-corrected chi connectivity index (χ1v) is 8.69. The molecule has 1 aliphatic heterocycles. The third kappa shape index (κ3) is 3.39. The molecule has 5 nitrogen and oxygen atoms in total. The van der Waals surface area contributed by atoms with E-state index >= 15 is 0 Å². The van der Waals surface area contributed by atoms with Gasteiger partial charge >= 0.3 is 0 Å². The molecule has 1 saturated heterocycles. The Kier molecular flexibility index (Phi) is 4.81. The molecule has 0 unspecified atom stereocenters. The summed E-state index contributed by atoms with van der Waals surface area (Å²) in [5.74, 6) is 0.389. The molecule has 2 amide bonds. The second kappa shape index (κ2) is 7.03. The molecule has 1 fully saturated rings. The van der Waals surface area contributed by atoms with Gasteiger partial charge < -0.3 is 10.5 Å². The molecule has 0 aliphatic carbocycles. The Morgan fingerprint density at radius 1 is 1.08 bits per heavy atom. The van der Waals surface area contributed by atoms with Gasteiger partial charge in [-0.05, 0) is 73.1 Å². The molecular formula is C19H18N2O3S. The van der Waals surface area contributed by atoms with Crippen LogP contribution in [0, 0.1) is 0 Å². The molecule has 3 rings (SSSR count). The number of allylic oxidation sites excluding steroid dienone is 1. The minimum Gasteiger partial charge on any atom is -0.494 e. The minimum absolute atomic E-state index is 0.307. The smallest absolute Gasteiger partial charge is 0.298 e. The number of anilines is 2. The third-order valence-corrected chi connectivity index (χ3v) is 4.90. The van der Waals surface area contributed by atoms with Gasteiger partial charge in [-0.3, -0.25) is 9.59 Å². The number of benzene rings is 2. The Labute approximate surface area is 150 Å². The van der Waals surface area contributed by atoms with Crippen LogP contribution in [0.2, 0.25) is 0 Å². The van der Waals surface area contributed by atoms with Crippen molar-refractivity contribution < 1.29 is 14.3 Å². The van der Waals surface area contributed by atoms with E-state index in [1.54, 1.807) is 36.4 Å². The van der Waals surface area contributed by atoms with Gasteiger partial charge in [0.25, 0.3) is 11.1 Å². The molecule has 1 heterocycles. The topological polar surface area (TPSA) is 72.6 Å². The van der Waals surface area contributed by atoms with E-state index in [2.05, 4.69) is 0 Å². The highest BCUT2D eigenvalue weighted by Crippen LogP contribution is 2.39. The van der Waals surface area contributed by atoms with Gasteiger partial charge in [0.05, 0.1) is 17.2 Å². The number of thioether (sulfide) groups is 1. The Morgan fingerprint density at radius 3 is 2.32 bits per heavy atom. The molecule has 0 aromatic heterocycles. The Morgan fingerprint density at radius 2 is 1.72 bits per heavy atom. The lowest BCUT2D eigenvalue weighted by molar-refractivity contribution is -0.113. The Bertz CT molecular complexity index is 842. The zero-order valence-electron chi connectivity index (χ0n) is 14.0. The average molecular weight is 354 g/mol. The van der Waals surface area contributed by atoms with E-state index in [4.69, 9.17) is 10.5 Å². The maximum Gasteiger partial charge on any atom is 0.298 e. The highest BCUT2D eigenvalue weighted by atomic mass is 32.2. The average Bonchev–Trinajstić information content (AvgIpc) is 2.91. The van der Waals surface area contributed by atoms with Crippen LogP contribution in [-0.2, 0) is 4.79 Å². The zero-order chi connectivity index (χ0) is 18.0. The van der Waals surface area contributed by atoms with Gasteiger partial charge in [-0.15, -0.1) is 0 Å². The first-order chi connectivity index (χ1) is 12.0. The molecule has 0 spiro atoms. The quantitative estimate of drug-likeness (QED) is 0.655. The van der Waals surface area contributed by atoms with Gasteiger partial charge in [-0.25, -0.2) is 4.90 Å². The summed E-state index contributed by atoms with van der Waals surface area (Å²) in [6, 6.07) is 14.2. The monoisotopic (exact) mass is 354 g/mol. The molecule has 0 radical (unpaired) electrons. The molecule has 2 N–H and O–H groups in total. The summed E-state index contributed by atoms with van der Waals surface area (Å²) in [5.41, 5.74) is 8.51. The van der Waals surface area contributed by atoms with Crippen molar-refractivity contribution in [3.8, 4) is 5.75 Å². The maximum atomic E-state index is 12.8. The van der Waals surface area contributed by atoms with Crippen LogP contribution >= 0.6 is 11.8 Å². The highest BCUT2D eigenvalue weighted by Gasteiger charge is 2.37. The van der Waals surface area contributed by atoms with E-state index in [1.807, 2.05) is 26.0 Å². The lowest BCUT2D eigenvalue weighted by Crippen LogP contribution is -2.27. The van der Waals surface area contributed by atoms with Crippen molar-refractivity contribution in [3.05, 3.63) is 59.0 Å². The summed E-state index contributed by atoms with van der Waals surface area (Å²) in [4.78, 5) is 26.8. The molecule has 25 heavy (non-hydrogen) atoms. The Balaban J connectivity index is 1.91. The fraction of sp³-hybridized carbons (Fsp3) is 0.158. The fourth-order valence-electron chi connectivity index (χ4n) is 2.54. The highest BCUT2D eigenvalue weighted by molar-refractivity contribution is 8.19. The summed E-state index contributed by atoms with van der Waals surface area (Å²) >= 11 is 0.953. The van der Waals surface area contributed by atoms with Crippen LogP contribution in [0.25, 0.3) is 5.57 Å². The molecule has 2 aromatic carbocycles. The van der Waals surface area contributed by atoms with Gasteiger partial charge in [0.15, 0.2) is 0 Å². The van der Waals surface area contributed by atoms with Crippen molar-refractivity contribution in [1.29, 1.82) is 0 Å². The van der Waals surface area contributed by atoms with Crippen molar-refractivity contribution >= 4 is 39.9 Å². The number of nitrogen functional groups attached to an aromatic ring is 1. The van der Waals surface area contributed by atoms with Crippen molar-refractivity contribution in [2.45, 2.75) is 13.8 Å². The number of rotatable bonds is 4. The molecular weight excluding hydrogens is 336 g/mol. The number of ether oxygens (including phenoxy) is 1. The summed E-state index contributed by atoms with van der Waals surface area (Å²) in [6.07, 6.45) is 0. The molecule has 2 aromatic rings. The summed E-state index contributed by atoms with van der Waals surface area (Å²) in [5, 5.41) is -0.307. The second-order valence-corrected chi connectivity index (χ2v) is 6.47. The van der Waals surface area contributed by atoms with E-state index < -0.39 is 0 Å². The van der Waals surface area contributed by atoms with E-state index in [9.17, 15) is 9.59 Å². The molecule has 128 valence electrons. The molecule has 1 aliphatic rings. The predicted molar refractivity (Wildman–Crippen MR) is 102 cm³/mol. The summed E-state index contributed by atoms with van der Waals surface area (Å²) in [6.45, 7) is 4.29. The SMILES string of the molecule is CCOc1ccc(N2C(=O)S/C(=C(/C)c3ccc(N)cc3)C2=O)cc1. The number of hydrogen-bond donors (Lipinski definition) is 1. The third-order valence-electron chi connectivity index (χ3n) is 3.86. The molecule has 0 saturated carbocycles. The lowest BCUT2D eigenvalue weighted by atomic mass is 10.1. The van der Waals surface area contributed by atoms with Crippen LogP contribution in [0.1, 0.15) is 19.4 Å². The number of nitrogens with zero attached hydrogens (tertiary/aromatic N) is 1. The summed E-state index contributed by atoms with van der Waals surface area (Å²) < 4.78 is 5.39. The zero-order valence-corrected chi connectivity index (χ0v) is 14.8. The van der Waals surface area contributed by atoms with Crippen molar-refractivity contribution in [2.75, 3.05) is 17.2 Å². The van der Waals surface area contributed by atoms with Crippen molar-refractivity contribution in [3.63, 3.8) is 0 Å². The number of hydrogen-bond acceptors (Lipinski definition) is 5. The van der Waals surface area contributed by atoms with E-state index in [0.29, 0.717) is 28.6 Å². The lowest BCUT2D eigenvalue weighted by Gasteiger charge is -2.13. The van der Waals surface area contributed by atoms with Gasteiger partial charge in [0, 0.05) is 5.69 Å². The maximum absolute atomic E-state index is 12.8. The van der Waals surface area contributed by atoms with Crippen LogP contribution < -0.4 is 15.4 Å². The van der Waals surface area contributed by atoms with Gasteiger partial charge in [0.2, 0.25) is 0 Å². The first kappa shape index (κ1) is 17.1. The molecule has 6 heteroatoms. The largest absolute Gasteiger partial charge is 0.494 e. The normalized spacial score (nSPS) is 16.3. The number of carbonyl (C=O) groups excluding carboxylic acids is 2. The standard InChI is InChI=1S/C19H18N2O3S/c1-3-24-16-10-8-15(9-11-16)21-18(22)17(25-19(21)23)12(2)13-4-6-14(20)7-5-13/h4-11H,3,20H2,1-2H3/b17-12-. The second-order valence-electron chi connectivity index (χ2n) is 5.51. The number of nitrogens with two attached hydrogens (primary N) is 1. The predicted octanol–water partition coefficient (Wildman–Crippen LogP) is 4.30. The van der Waals surface area contributed by atoms with Gasteiger partial charge in [-0.2, -0.15) is 0 Å². The Hall–Kier alpha value is -2.73. The van der Waals surface area contributed by atoms with Crippen LogP contribution in [0.15, 0.2) is 53.4 Å². The number of carbonyl (C=O) groups is 2. The van der Waals surface area contributed by atoms with Crippen molar-refractivity contribution in [1.82, 2.24) is 0 Å². The van der Waals surface area contributed by atoms with Gasteiger partial charge in [-0.1, -0.05) is 12.1 Å². The first-order valence-electron chi connectivity index (χ1n) is 7.87. The van der Waals surface area contributed by atoms with Crippen molar-refractivity contribution in [2.24, 2.45) is 0 Å². The minimum atomic E-state index is -0.312. The van der Waals surface area contributed by atoms with E-state index in [1.165, 1.54) is 4.90 Å². The van der Waals surface area contributed by atoms with Crippen LogP contribution in [0.4, 0.5) is 16.2 Å². The molecule has 0 atom stereocenters. The van der Waals surface area contributed by atoms with Crippen LogP contribution in [0.3, 0.4) is 0 Å². The molecule has 0 bridgehead atoms. The van der Waals surface area contributed by atoms with Gasteiger partial charge in [0.1, 0.15) is 5.75 Å². The van der Waals surface area contributed by atoms with E-state index in [-0.39, 0.29) is 11.1 Å². The van der Waals surface area contributed by atoms with E-state index in [0.717, 1.165) is 22.9 Å². The number of imide groups is 1. The van der Waals surface area contributed by atoms with Crippen LogP contribution in [0.5, 0.6) is 5.75 Å². The summed E-state index contributed by atoms with van der Waals surface area (Å²) in [7, 11) is 0. The fourth-order valence-corrected chi connectivity index (χ4v) is 3.45. The number of amides is 2. The van der Waals surface area contributed by atoms with Crippen LogP contribution in [-0.4, -0.2) is 17.8 Å².